The molecule has 2 rings (SSSR count). The maximum atomic E-state index is 12.6. The van der Waals surface area contributed by atoms with Crippen molar-refractivity contribution in [2.45, 2.75) is 44.4 Å². The number of likely N-dealkylation sites (tertiary alicyclic amines) is 1. The predicted molar refractivity (Wildman–Crippen MR) is 68.9 cm³/mol. The van der Waals surface area contributed by atoms with Gasteiger partial charge in [0, 0.05) is 16.6 Å². The Hall–Kier alpha value is -0.660. The predicted octanol–water partition coefficient (Wildman–Crippen LogP) is 3.04. The molecule has 1 aliphatic rings. The molecule has 1 saturated heterocycles. The Bertz CT molecular complexity index is 436. The molecule has 19 heavy (non-hydrogen) atoms. The van der Waals surface area contributed by atoms with Crippen LogP contribution in [0.3, 0.4) is 0 Å². The van der Waals surface area contributed by atoms with Crippen LogP contribution in [0.1, 0.15) is 42.6 Å². The van der Waals surface area contributed by atoms with Gasteiger partial charge in [-0.05, 0) is 39.8 Å². The fourth-order valence-electron chi connectivity index (χ4n) is 2.40. The zero-order chi connectivity index (χ0) is 14.3. The normalized spacial score (nSPS) is 19.9. The second-order valence-corrected chi connectivity index (χ2v) is 6.45. The second-order valence-electron chi connectivity index (χ2n) is 5.39. The van der Waals surface area contributed by atoms with Crippen LogP contribution >= 0.6 is 11.3 Å². The van der Waals surface area contributed by atoms with Gasteiger partial charge < -0.3 is 5.73 Å². The van der Waals surface area contributed by atoms with E-state index in [0.717, 1.165) is 25.9 Å². The van der Waals surface area contributed by atoms with Crippen LogP contribution in [0.15, 0.2) is 6.20 Å². The van der Waals surface area contributed by atoms with Crippen molar-refractivity contribution in [2.75, 3.05) is 13.1 Å². The number of rotatable bonds is 3. The van der Waals surface area contributed by atoms with Gasteiger partial charge >= 0.3 is 6.18 Å². The fraction of sp³-hybridized carbons (Fsp3) is 0.750. The van der Waals surface area contributed by atoms with Crippen molar-refractivity contribution < 1.29 is 13.2 Å². The van der Waals surface area contributed by atoms with Crippen molar-refractivity contribution in [1.82, 2.24) is 9.88 Å². The summed E-state index contributed by atoms with van der Waals surface area (Å²) in [4.78, 5) is 6.17. The van der Waals surface area contributed by atoms with Gasteiger partial charge in [0.25, 0.3) is 0 Å². The van der Waals surface area contributed by atoms with Crippen LogP contribution in [-0.2, 0) is 6.18 Å². The van der Waals surface area contributed by atoms with Gasteiger partial charge in [0.05, 0.1) is 6.04 Å². The topological polar surface area (TPSA) is 42.1 Å². The van der Waals surface area contributed by atoms with E-state index in [1.165, 1.54) is 6.20 Å². The van der Waals surface area contributed by atoms with Gasteiger partial charge in [0.15, 0.2) is 5.01 Å². The summed E-state index contributed by atoms with van der Waals surface area (Å²) in [7, 11) is 0. The Balaban J connectivity index is 2.18. The van der Waals surface area contributed by atoms with Gasteiger partial charge in [-0.15, -0.1) is 11.3 Å². The highest BCUT2D eigenvalue weighted by Gasteiger charge is 2.39. The first kappa shape index (κ1) is 14.7. The molecule has 0 bridgehead atoms. The molecular weight excluding hydrogens is 275 g/mol. The first-order valence-electron chi connectivity index (χ1n) is 6.26. The molecule has 108 valence electrons. The number of thiazole rings is 1. The van der Waals surface area contributed by atoms with Crippen LogP contribution in [0, 0.1) is 0 Å². The molecule has 0 amide bonds. The van der Waals surface area contributed by atoms with Crippen LogP contribution in [0.25, 0.3) is 0 Å². The van der Waals surface area contributed by atoms with Gasteiger partial charge in [-0.3, -0.25) is 4.90 Å². The molecule has 0 aliphatic carbocycles. The summed E-state index contributed by atoms with van der Waals surface area (Å²) in [5.41, 5.74) is 5.82. The van der Waals surface area contributed by atoms with Crippen LogP contribution in [-0.4, -0.2) is 28.5 Å². The molecule has 2 heterocycles. The molecule has 0 spiro atoms. The van der Waals surface area contributed by atoms with Crippen LogP contribution in [0.2, 0.25) is 0 Å². The smallest absolute Gasteiger partial charge is 0.322 e. The molecule has 1 unspecified atom stereocenters. The molecule has 0 radical (unpaired) electrons. The van der Waals surface area contributed by atoms with E-state index in [9.17, 15) is 13.2 Å². The van der Waals surface area contributed by atoms with Crippen molar-refractivity contribution in [3.8, 4) is 0 Å². The Morgan fingerprint density at radius 3 is 2.37 bits per heavy atom. The quantitative estimate of drug-likeness (QED) is 0.931. The highest BCUT2D eigenvalue weighted by Crippen LogP contribution is 2.38. The maximum Gasteiger partial charge on any atom is 0.443 e. The average Bonchev–Trinajstić information content (AvgIpc) is 2.98. The summed E-state index contributed by atoms with van der Waals surface area (Å²) in [5.74, 6) is 0. The summed E-state index contributed by atoms with van der Waals surface area (Å²) in [6.45, 7) is 5.86. The minimum Gasteiger partial charge on any atom is -0.322 e. The van der Waals surface area contributed by atoms with E-state index in [1.807, 2.05) is 13.8 Å². The summed E-state index contributed by atoms with van der Waals surface area (Å²) >= 11 is 0.646. The van der Waals surface area contributed by atoms with E-state index in [4.69, 9.17) is 5.73 Å². The molecule has 3 nitrogen and oxygen atoms in total. The number of halogens is 3. The zero-order valence-corrected chi connectivity index (χ0v) is 11.8. The third-order valence-corrected chi connectivity index (χ3v) is 4.88. The Labute approximate surface area is 114 Å². The van der Waals surface area contributed by atoms with Gasteiger partial charge in [-0.1, -0.05) is 0 Å². The molecule has 2 N–H and O–H groups in total. The Kier molecular flexibility index (Phi) is 3.90. The number of aromatic nitrogens is 1. The number of hydrogen-bond donors (Lipinski definition) is 1. The molecule has 7 heteroatoms. The van der Waals surface area contributed by atoms with E-state index in [0.29, 0.717) is 16.2 Å². The van der Waals surface area contributed by atoms with E-state index < -0.39 is 17.2 Å². The Morgan fingerprint density at radius 2 is 1.89 bits per heavy atom. The molecule has 1 atom stereocenters. The summed E-state index contributed by atoms with van der Waals surface area (Å²) in [6, 6.07) is -0.459. The highest BCUT2D eigenvalue weighted by atomic mass is 32.1. The van der Waals surface area contributed by atoms with Crippen molar-refractivity contribution in [2.24, 2.45) is 5.73 Å². The lowest BCUT2D eigenvalue weighted by molar-refractivity contribution is -0.137. The monoisotopic (exact) mass is 293 g/mol. The maximum absolute atomic E-state index is 12.6. The van der Waals surface area contributed by atoms with E-state index in [2.05, 4.69) is 9.88 Å². The van der Waals surface area contributed by atoms with Gasteiger partial charge in [0.1, 0.15) is 0 Å². The fourth-order valence-corrected chi connectivity index (χ4v) is 3.36. The number of nitrogens with two attached hydrogens (primary N) is 1. The summed E-state index contributed by atoms with van der Waals surface area (Å²) in [5, 5.41) is -0.824. The van der Waals surface area contributed by atoms with Crippen LogP contribution in [0.5, 0.6) is 0 Å². The summed E-state index contributed by atoms with van der Waals surface area (Å²) in [6.07, 6.45) is -0.893. The summed E-state index contributed by atoms with van der Waals surface area (Å²) < 4.78 is 37.7. The van der Waals surface area contributed by atoms with Crippen molar-refractivity contribution in [1.29, 1.82) is 0 Å². The lowest BCUT2D eigenvalue weighted by atomic mass is 9.92. The molecule has 0 aromatic carbocycles. The first-order chi connectivity index (χ1) is 8.73. The van der Waals surface area contributed by atoms with Crippen molar-refractivity contribution >= 4 is 11.3 Å². The molecule has 1 aromatic rings. The molecule has 1 aromatic heterocycles. The molecular formula is C12H18F3N3S. The number of alkyl halides is 3. The van der Waals surface area contributed by atoms with Crippen molar-refractivity contribution in [3.05, 3.63) is 16.1 Å². The van der Waals surface area contributed by atoms with Crippen LogP contribution < -0.4 is 5.73 Å². The third-order valence-electron chi connectivity index (χ3n) is 3.75. The minimum absolute atomic E-state index is 0.355. The van der Waals surface area contributed by atoms with Crippen LogP contribution in [0.4, 0.5) is 13.2 Å². The zero-order valence-electron chi connectivity index (χ0n) is 11.0. The third kappa shape index (κ3) is 2.93. The lowest BCUT2D eigenvalue weighted by Crippen LogP contribution is -2.49. The van der Waals surface area contributed by atoms with Gasteiger partial charge in [-0.2, -0.15) is 13.2 Å². The molecule has 1 fully saturated rings. The average molecular weight is 293 g/mol. The Morgan fingerprint density at radius 1 is 1.32 bits per heavy atom. The van der Waals surface area contributed by atoms with E-state index >= 15 is 0 Å². The highest BCUT2D eigenvalue weighted by molar-refractivity contribution is 7.11. The SMILES string of the molecule is CC(C)(C(N)c1cnc(C(F)(F)F)s1)N1CCCC1. The lowest BCUT2D eigenvalue weighted by Gasteiger charge is -2.39. The van der Waals surface area contributed by atoms with E-state index in [-0.39, 0.29) is 5.54 Å². The van der Waals surface area contributed by atoms with E-state index in [1.54, 1.807) is 0 Å². The van der Waals surface area contributed by atoms with Crippen molar-refractivity contribution in [3.63, 3.8) is 0 Å². The second kappa shape index (κ2) is 5.03. The first-order valence-corrected chi connectivity index (χ1v) is 7.08. The number of hydrogen-bond acceptors (Lipinski definition) is 4. The molecule has 0 saturated carbocycles. The van der Waals surface area contributed by atoms with Gasteiger partial charge in [0.2, 0.25) is 0 Å². The van der Waals surface area contributed by atoms with Gasteiger partial charge in [-0.25, -0.2) is 4.98 Å². The minimum atomic E-state index is -4.39. The number of nitrogens with zero attached hydrogens (tertiary/aromatic N) is 2. The molecule has 1 aliphatic heterocycles. The largest absolute Gasteiger partial charge is 0.443 e. The standard InChI is InChI=1S/C12H18F3N3S/c1-11(2,18-5-3-4-6-18)9(16)8-7-17-10(19-8)12(13,14)15/h7,9H,3-6,16H2,1-2H3.